The number of benzene rings is 1. The summed E-state index contributed by atoms with van der Waals surface area (Å²) in [7, 11) is 0. The van der Waals surface area contributed by atoms with Crippen LogP contribution in [0.2, 0.25) is 0 Å². The summed E-state index contributed by atoms with van der Waals surface area (Å²) in [6, 6.07) is 9.73. The Morgan fingerprint density at radius 2 is 2.04 bits per heavy atom. The molecule has 2 amide bonds. The number of nitrogens with one attached hydrogen (secondary N) is 2. The molecule has 0 spiro atoms. The quantitative estimate of drug-likeness (QED) is 0.845. The molecule has 8 heteroatoms. The SMILES string of the molecule is C[C@@H](SC1=C(C#N)C(C)(C)[C@@H](C#N)C(=O)N1)C(=O)Nc1ccccc1F. The molecule has 1 aliphatic rings. The summed E-state index contributed by atoms with van der Waals surface area (Å²) >= 11 is 0.986. The van der Waals surface area contributed by atoms with Gasteiger partial charge in [-0.25, -0.2) is 4.39 Å². The zero-order chi connectivity index (χ0) is 19.5. The van der Waals surface area contributed by atoms with E-state index in [1.165, 1.54) is 18.2 Å². The molecule has 0 aliphatic carbocycles. The zero-order valence-electron chi connectivity index (χ0n) is 14.5. The number of nitriles is 2. The topological polar surface area (TPSA) is 106 Å². The van der Waals surface area contributed by atoms with Crippen LogP contribution in [-0.4, -0.2) is 17.1 Å². The van der Waals surface area contributed by atoms with Gasteiger partial charge in [-0.2, -0.15) is 10.5 Å². The molecule has 0 fully saturated rings. The normalized spacial score (nSPS) is 19.8. The molecule has 2 rings (SSSR count). The third kappa shape index (κ3) is 3.71. The Bertz CT molecular complexity index is 867. The lowest BCUT2D eigenvalue weighted by Crippen LogP contribution is -2.45. The van der Waals surface area contributed by atoms with Crippen molar-refractivity contribution in [3.8, 4) is 12.1 Å². The second-order valence-corrected chi connectivity index (χ2v) is 7.67. The summed E-state index contributed by atoms with van der Waals surface area (Å²) in [4.78, 5) is 24.5. The highest BCUT2D eigenvalue weighted by Gasteiger charge is 2.45. The molecular weight excluding hydrogens is 355 g/mol. The maximum atomic E-state index is 13.7. The van der Waals surface area contributed by atoms with E-state index in [0.717, 1.165) is 11.8 Å². The lowest BCUT2D eigenvalue weighted by molar-refractivity contribution is -0.125. The van der Waals surface area contributed by atoms with Gasteiger partial charge in [-0.05, 0) is 19.1 Å². The van der Waals surface area contributed by atoms with E-state index in [1.54, 1.807) is 26.8 Å². The lowest BCUT2D eigenvalue weighted by Gasteiger charge is -2.35. The molecule has 0 aromatic heterocycles. The number of thioether (sulfide) groups is 1. The van der Waals surface area contributed by atoms with Crippen LogP contribution in [0.25, 0.3) is 0 Å². The highest BCUT2D eigenvalue weighted by molar-refractivity contribution is 8.04. The molecule has 134 valence electrons. The van der Waals surface area contributed by atoms with Crippen LogP contribution in [0.15, 0.2) is 34.9 Å². The Balaban J connectivity index is 2.23. The van der Waals surface area contributed by atoms with Crippen molar-refractivity contribution in [2.24, 2.45) is 11.3 Å². The Morgan fingerprint density at radius 3 is 2.62 bits per heavy atom. The minimum absolute atomic E-state index is 0.0528. The number of halogens is 1. The largest absolute Gasteiger partial charge is 0.323 e. The summed E-state index contributed by atoms with van der Waals surface area (Å²) in [5.41, 5.74) is -0.688. The highest BCUT2D eigenvalue weighted by atomic mass is 32.2. The van der Waals surface area contributed by atoms with Crippen molar-refractivity contribution in [1.29, 1.82) is 10.5 Å². The molecule has 1 aromatic carbocycles. The van der Waals surface area contributed by atoms with Crippen LogP contribution >= 0.6 is 11.8 Å². The van der Waals surface area contributed by atoms with Crippen molar-refractivity contribution >= 4 is 29.3 Å². The first-order valence-corrected chi connectivity index (χ1v) is 8.67. The molecule has 0 saturated carbocycles. The van der Waals surface area contributed by atoms with Gasteiger partial charge in [0.2, 0.25) is 11.8 Å². The van der Waals surface area contributed by atoms with Crippen LogP contribution in [0.3, 0.4) is 0 Å². The number of rotatable bonds is 4. The summed E-state index contributed by atoms with van der Waals surface area (Å²) in [6.45, 7) is 4.87. The van der Waals surface area contributed by atoms with Crippen LogP contribution in [-0.2, 0) is 9.59 Å². The Labute approximate surface area is 155 Å². The minimum atomic E-state index is -0.996. The maximum Gasteiger partial charge on any atom is 0.243 e. The summed E-state index contributed by atoms with van der Waals surface area (Å²) in [5.74, 6) is -2.54. The van der Waals surface area contributed by atoms with E-state index < -0.39 is 34.2 Å². The smallest absolute Gasteiger partial charge is 0.243 e. The molecule has 26 heavy (non-hydrogen) atoms. The fourth-order valence-electron chi connectivity index (χ4n) is 2.54. The molecule has 1 aliphatic heterocycles. The van der Waals surface area contributed by atoms with Gasteiger partial charge in [0, 0.05) is 5.41 Å². The third-order valence-corrected chi connectivity index (χ3v) is 5.24. The average Bonchev–Trinajstić information content (AvgIpc) is 2.56. The second-order valence-electron chi connectivity index (χ2n) is 6.32. The van der Waals surface area contributed by atoms with Crippen LogP contribution < -0.4 is 10.6 Å². The predicted octanol–water partition coefficient (Wildman–Crippen LogP) is 2.92. The molecule has 6 nitrogen and oxygen atoms in total. The number of allylic oxidation sites excluding steroid dienone is 1. The molecular formula is C18H17FN4O2S. The molecule has 1 aromatic rings. The molecule has 0 bridgehead atoms. The van der Waals surface area contributed by atoms with Crippen LogP contribution in [0.1, 0.15) is 20.8 Å². The van der Waals surface area contributed by atoms with Gasteiger partial charge in [0.15, 0.2) is 0 Å². The van der Waals surface area contributed by atoms with E-state index in [0.29, 0.717) is 0 Å². The van der Waals surface area contributed by atoms with Crippen LogP contribution in [0.5, 0.6) is 0 Å². The molecule has 0 saturated heterocycles. The van der Waals surface area contributed by atoms with Gasteiger partial charge in [-0.3, -0.25) is 9.59 Å². The number of hydrogen-bond donors (Lipinski definition) is 2. The Hall–Kier alpha value is -2.84. The number of para-hydroxylation sites is 1. The van der Waals surface area contributed by atoms with Gasteiger partial charge >= 0.3 is 0 Å². The molecule has 2 N–H and O–H groups in total. The van der Waals surface area contributed by atoms with Crippen molar-refractivity contribution in [3.63, 3.8) is 0 Å². The van der Waals surface area contributed by atoms with E-state index in [9.17, 15) is 24.5 Å². The second kappa shape index (κ2) is 7.59. The number of nitrogens with zero attached hydrogens (tertiary/aromatic N) is 2. The van der Waals surface area contributed by atoms with E-state index in [2.05, 4.69) is 10.6 Å². The zero-order valence-corrected chi connectivity index (χ0v) is 15.3. The Kier molecular flexibility index (Phi) is 5.69. The monoisotopic (exact) mass is 372 g/mol. The molecule has 2 atom stereocenters. The van der Waals surface area contributed by atoms with Gasteiger partial charge in [-0.1, -0.05) is 37.7 Å². The van der Waals surface area contributed by atoms with Gasteiger partial charge in [0.25, 0.3) is 0 Å². The molecule has 0 unspecified atom stereocenters. The van der Waals surface area contributed by atoms with Gasteiger partial charge < -0.3 is 10.6 Å². The minimum Gasteiger partial charge on any atom is -0.323 e. The van der Waals surface area contributed by atoms with Gasteiger partial charge in [-0.15, -0.1) is 0 Å². The first-order chi connectivity index (χ1) is 12.2. The number of carbonyl (C=O) groups is 2. The maximum absolute atomic E-state index is 13.7. The third-order valence-electron chi connectivity index (χ3n) is 4.13. The predicted molar refractivity (Wildman–Crippen MR) is 95.7 cm³/mol. The van der Waals surface area contributed by atoms with E-state index >= 15 is 0 Å². The Morgan fingerprint density at radius 1 is 1.38 bits per heavy atom. The van der Waals surface area contributed by atoms with Crippen molar-refractivity contribution in [1.82, 2.24) is 5.32 Å². The van der Waals surface area contributed by atoms with E-state index in [4.69, 9.17) is 0 Å². The van der Waals surface area contributed by atoms with Crippen molar-refractivity contribution in [3.05, 3.63) is 40.7 Å². The number of carbonyl (C=O) groups excluding carboxylic acids is 2. The van der Waals surface area contributed by atoms with E-state index in [1.807, 2.05) is 12.1 Å². The van der Waals surface area contributed by atoms with Crippen LogP contribution in [0.4, 0.5) is 10.1 Å². The standard InChI is InChI=1S/C18H17FN4O2S/c1-10(15(24)22-14-7-5-4-6-13(14)19)26-17-12(9-21)18(2,3)11(8-20)16(25)23-17/h4-7,10-11H,1-3H3,(H,22,24)(H,23,25)/t10-,11+/m1/s1. The lowest BCUT2D eigenvalue weighted by atomic mass is 9.72. The average molecular weight is 372 g/mol. The summed E-state index contributed by atoms with van der Waals surface area (Å²) < 4.78 is 13.7. The fourth-order valence-corrected chi connectivity index (χ4v) is 3.65. The first-order valence-electron chi connectivity index (χ1n) is 7.79. The van der Waals surface area contributed by atoms with Crippen molar-refractivity contribution in [2.75, 3.05) is 5.32 Å². The number of anilines is 1. The van der Waals surface area contributed by atoms with Gasteiger partial charge in [0.05, 0.1) is 33.7 Å². The van der Waals surface area contributed by atoms with Crippen LogP contribution in [0, 0.1) is 39.8 Å². The highest BCUT2D eigenvalue weighted by Crippen LogP contribution is 2.42. The fraction of sp³-hybridized carbons (Fsp3) is 0.333. The molecule has 0 radical (unpaired) electrons. The molecule has 1 heterocycles. The van der Waals surface area contributed by atoms with Crippen molar-refractivity contribution in [2.45, 2.75) is 26.0 Å². The van der Waals surface area contributed by atoms with E-state index in [-0.39, 0.29) is 16.3 Å². The van der Waals surface area contributed by atoms with Gasteiger partial charge in [0.1, 0.15) is 11.7 Å². The first kappa shape index (κ1) is 19.5. The number of amides is 2. The summed E-state index contributed by atoms with van der Waals surface area (Å²) in [5, 5.41) is 23.2. The summed E-state index contributed by atoms with van der Waals surface area (Å²) in [6.07, 6.45) is 0. The van der Waals surface area contributed by atoms with Crippen molar-refractivity contribution < 1.29 is 14.0 Å². The number of hydrogen-bond acceptors (Lipinski definition) is 5.